The molecule has 1 fully saturated rings. The van der Waals surface area contributed by atoms with Gasteiger partial charge in [0.1, 0.15) is 5.75 Å². The van der Waals surface area contributed by atoms with Crippen molar-refractivity contribution in [2.75, 3.05) is 19.7 Å². The minimum Gasteiger partial charge on any atom is -0.482 e. The summed E-state index contributed by atoms with van der Waals surface area (Å²) in [6.07, 6.45) is 6.10. The lowest BCUT2D eigenvalue weighted by molar-refractivity contribution is -0.123. The van der Waals surface area contributed by atoms with Crippen molar-refractivity contribution in [1.82, 2.24) is 14.6 Å². The van der Waals surface area contributed by atoms with Gasteiger partial charge in [-0.25, -0.2) is 8.42 Å². The number of sulfonamides is 1. The van der Waals surface area contributed by atoms with E-state index in [9.17, 15) is 13.2 Å². The molecule has 0 saturated carbocycles. The van der Waals surface area contributed by atoms with E-state index in [-0.39, 0.29) is 28.2 Å². The second-order valence-corrected chi connectivity index (χ2v) is 8.83. The molecule has 2 aromatic rings. The number of nitrogens with zero attached hydrogens (tertiary/aromatic N) is 2. The number of hydrogen-bond donors (Lipinski definition) is 1. The van der Waals surface area contributed by atoms with Gasteiger partial charge >= 0.3 is 0 Å². The number of carbonyl (C=O) groups excluding carboxylic acids is 1. The Bertz CT molecular complexity index is 916. The molecule has 1 aromatic carbocycles. The van der Waals surface area contributed by atoms with Crippen LogP contribution in [0, 0.1) is 0 Å². The SMILES string of the molecule is O=C(COc1ccc(S(=O)(=O)N2CCCCC2)cc1Cl)NCc1cccnc1. The lowest BCUT2D eigenvalue weighted by Gasteiger charge is -2.26. The normalized spacial score (nSPS) is 15.2. The Morgan fingerprint density at radius 1 is 1.21 bits per heavy atom. The maximum absolute atomic E-state index is 12.7. The van der Waals surface area contributed by atoms with Crippen molar-refractivity contribution in [3.8, 4) is 5.75 Å². The van der Waals surface area contributed by atoms with E-state index in [1.165, 1.54) is 22.5 Å². The summed E-state index contributed by atoms with van der Waals surface area (Å²) in [4.78, 5) is 16.0. The topological polar surface area (TPSA) is 88.6 Å². The van der Waals surface area contributed by atoms with Crippen molar-refractivity contribution in [2.24, 2.45) is 0 Å². The van der Waals surface area contributed by atoms with Gasteiger partial charge in [0.25, 0.3) is 5.91 Å². The number of carbonyl (C=O) groups is 1. The molecule has 0 radical (unpaired) electrons. The minimum atomic E-state index is -3.56. The van der Waals surface area contributed by atoms with Gasteiger partial charge in [-0.3, -0.25) is 9.78 Å². The van der Waals surface area contributed by atoms with Gasteiger partial charge in [0.05, 0.1) is 9.92 Å². The van der Waals surface area contributed by atoms with Crippen LogP contribution in [0.15, 0.2) is 47.6 Å². The van der Waals surface area contributed by atoms with Gasteiger partial charge in [0.2, 0.25) is 10.0 Å². The molecule has 1 aromatic heterocycles. The van der Waals surface area contributed by atoms with E-state index in [2.05, 4.69) is 10.3 Å². The monoisotopic (exact) mass is 423 g/mol. The summed E-state index contributed by atoms with van der Waals surface area (Å²) in [6.45, 7) is 1.17. The van der Waals surface area contributed by atoms with E-state index in [4.69, 9.17) is 16.3 Å². The molecular formula is C19H22ClN3O4S. The zero-order valence-corrected chi connectivity index (χ0v) is 16.9. The Balaban J connectivity index is 1.57. The van der Waals surface area contributed by atoms with Gasteiger partial charge in [0.15, 0.2) is 6.61 Å². The van der Waals surface area contributed by atoms with Crippen LogP contribution in [0.1, 0.15) is 24.8 Å². The molecule has 9 heteroatoms. The molecule has 0 bridgehead atoms. The number of aromatic nitrogens is 1. The first-order chi connectivity index (χ1) is 13.5. The van der Waals surface area contributed by atoms with Gasteiger partial charge < -0.3 is 10.1 Å². The summed E-state index contributed by atoms with van der Waals surface area (Å²) < 4.78 is 32.3. The maximum Gasteiger partial charge on any atom is 0.258 e. The number of benzene rings is 1. The fourth-order valence-electron chi connectivity index (χ4n) is 2.91. The zero-order chi connectivity index (χ0) is 20.0. The Hall–Kier alpha value is -2.16. The average Bonchev–Trinajstić information content (AvgIpc) is 2.72. The fraction of sp³-hybridized carbons (Fsp3) is 0.368. The third-order valence-electron chi connectivity index (χ3n) is 4.43. The van der Waals surface area contributed by atoms with Gasteiger partial charge in [-0.1, -0.05) is 24.1 Å². The van der Waals surface area contributed by atoms with Crippen molar-refractivity contribution in [3.63, 3.8) is 0 Å². The van der Waals surface area contributed by atoms with Crippen LogP contribution in [0.2, 0.25) is 5.02 Å². The Labute approximate surface area is 169 Å². The summed E-state index contributed by atoms with van der Waals surface area (Å²) in [5, 5.41) is 2.87. The predicted molar refractivity (Wildman–Crippen MR) is 106 cm³/mol. The summed E-state index contributed by atoms with van der Waals surface area (Å²) in [7, 11) is -3.56. The number of ether oxygens (including phenoxy) is 1. The van der Waals surface area contributed by atoms with Gasteiger partial charge in [-0.05, 0) is 42.7 Å². The number of pyridine rings is 1. The lowest BCUT2D eigenvalue weighted by Crippen LogP contribution is -2.35. The van der Waals surface area contributed by atoms with Crippen molar-refractivity contribution in [1.29, 1.82) is 0 Å². The van der Waals surface area contributed by atoms with E-state index in [1.807, 2.05) is 6.07 Å². The van der Waals surface area contributed by atoms with Gasteiger partial charge in [-0.15, -0.1) is 0 Å². The molecule has 1 saturated heterocycles. The first-order valence-corrected chi connectivity index (χ1v) is 10.9. The van der Waals surface area contributed by atoms with Crippen LogP contribution in [0.25, 0.3) is 0 Å². The molecule has 150 valence electrons. The first kappa shape index (κ1) is 20.6. The van der Waals surface area contributed by atoms with E-state index >= 15 is 0 Å². The first-order valence-electron chi connectivity index (χ1n) is 9.05. The van der Waals surface area contributed by atoms with Crippen LogP contribution in [-0.4, -0.2) is 43.3 Å². The Morgan fingerprint density at radius 2 is 2.00 bits per heavy atom. The molecule has 0 spiro atoms. The molecule has 0 aliphatic carbocycles. The Morgan fingerprint density at radius 3 is 2.68 bits per heavy atom. The number of rotatable bonds is 7. The smallest absolute Gasteiger partial charge is 0.258 e. The van der Waals surface area contributed by atoms with E-state index in [1.54, 1.807) is 18.5 Å². The fourth-order valence-corrected chi connectivity index (χ4v) is 4.75. The average molecular weight is 424 g/mol. The quantitative estimate of drug-likeness (QED) is 0.739. The highest BCUT2D eigenvalue weighted by molar-refractivity contribution is 7.89. The molecule has 3 rings (SSSR count). The minimum absolute atomic E-state index is 0.132. The lowest BCUT2D eigenvalue weighted by atomic mass is 10.2. The summed E-state index contributed by atoms with van der Waals surface area (Å²) in [5.41, 5.74) is 0.876. The molecule has 2 heterocycles. The number of piperidine rings is 1. The third kappa shape index (κ3) is 5.21. The van der Waals surface area contributed by atoms with E-state index in [0.29, 0.717) is 19.6 Å². The Kier molecular flexibility index (Phi) is 6.88. The standard InChI is InChI=1S/C19H22ClN3O4S/c20-17-11-16(28(25,26)23-9-2-1-3-10-23)6-7-18(17)27-14-19(24)22-13-15-5-4-8-21-12-15/h4-8,11-12H,1-3,9-10,13-14H2,(H,22,24). The van der Waals surface area contributed by atoms with Crippen molar-refractivity contribution in [2.45, 2.75) is 30.7 Å². The zero-order valence-electron chi connectivity index (χ0n) is 15.3. The van der Waals surface area contributed by atoms with Crippen LogP contribution in [0.5, 0.6) is 5.75 Å². The third-order valence-corrected chi connectivity index (χ3v) is 6.62. The molecule has 1 N–H and O–H groups in total. The number of nitrogens with one attached hydrogen (secondary N) is 1. The predicted octanol–water partition coefficient (Wildman–Crippen LogP) is 2.60. The van der Waals surface area contributed by atoms with Crippen LogP contribution in [0.3, 0.4) is 0 Å². The highest BCUT2D eigenvalue weighted by Gasteiger charge is 2.26. The van der Waals surface area contributed by atoms with Crippen molar-refractivity contribution in [3.05, 3.63) is 53.3 Å². The second kappa shape index (κ2) is 9.36. The van der Waals surface area contributed by atoms with Crippen LogP contribution < -0.4 is 10.1 Å². The van der Waals surface area contributed by atoms with Crippen LogP contribution in [0.4, 0.5) is 0 Å². The number of amides is 1. The number of hydrogen-bond acceptors (Lipinski definition) is 5. The highest BCUT2D eigenvalue weighted by Crippen LogP contribution is 2.29. The van der Waals surface area contributed by atoms with Crippen LogP contribution in [-0.2, 0) is 21.4 Å². The molecule has 1 aliphatic heterocycles. The maximum atomic E-state index is 12.7. The number of halogens is 1. The molecule has 28 heavy (non-hydrogen) atoms. The van der Waals surface area contributed by atoms with Gasteiger partial charge in [-0.2, -0.15) is 4.31 Å². The van der Waals surface area contributed by atoms with E-state index < -0.39 is 10.0 Å². The molecule has 1 aliphatic rings. The molecule has 0 atom stereocenters. The van der Waals surface area contributed by atoms with E-state index in [0.717, 1.165) is 24.8 Å². The summed E-state index contributed by atoms with van der Waals surface area (Å²) in [5.74, 6) is -0.0549. The van der Waals surface area contributed by atoms with Crippen molar-refractivity contribution < 1.29 is 17.9 Å². The molecule has 0 unspecified atom stereocenters. The van der Waals surface area contributed by atoms with Crippen molar-refractivity contribution >= 4 is 27.5 Å². The van der Waals surface area contributed by atoms with Crippen LogP contribution >= 0.6 is 11.6 Å². The molecule has 7 nitrogen and oxygen atoms in total. The molecular weight excluding hydrogens is 402 g/mol. The summed E-state index contributed by atoms with van der Waals surface area (Å²) >= 11 is 6.18. The highest BCUT2D eigenvalue weighted by atomic mass is 35.5. The van der Waals surface area contributed by atoms with Gasteiger partial charge in [0, 0.05) is 32.0 Å². The summed E-state index contributed by atoms with van der Waals surface area (Å²) in [6, 6.07) is 7.95. The molecule has 1 amide bonds. The second-order valence-electron chi connectivity index (χ2n) is 6.48. The largest absolute Gasteiger partial charge is 0.482 e.